The molecule has 1 aliphatic heterocycles. The predicted molar refractivity (Wildman–Crippen MR) is 73.7 cm³/mol. The first-order valence-electron chi connectivity index (χ1n) is 6.28. The molecule has 0 aromatic heterocycles. The van der Waals surface area contributed by atoms with Gasteiger partial charge < -0.3 is 10.0 Å². The molecule has 1 fully saturated rings. The molecule has 4 heteroatoms. The van der Waals surface area contributed by atoms with E-state index < -0.39 is 0 Å². The highest BCUT2D eigenvalue weighted by atomic mass is 32.2. The molecule has 1 unspecified atom stereocenters. The number of piperidine rings is 1. The van der Waals surface area contributed by atoms with Crippen LogP contribution in [0.4, 0.5) is 0 Å². The molecule has 0 spiro atoms. The van der Waals surface area contributed by atoms with Gasteiger partial charge in [-0.1, -0.05) is 12.1 Å². The number of aliphatic hydroxyl groups excluding tert-OH is 1. The van der Waals surface area contributed by atoms with Gasteiger partial charge in [-0.25, -0.2) is 0 Å². The number of hydrogen-bond acceptors (Lipinski definition) is 3. The summed E-state index contributed by atoms with van der Waals surface area (Å²) in [5.74, 6) is 0.116. The molecule has 18 heavy (non-hydrogen) atoms. The molecule has 0 aliphatic carbocycles. The first-order chi connectivity index (χ1) is 8.69. The van der Waals surface area contributed by atoms with Gasteiger partial charge in [0, 0.05) is 18.0 Å². The van der Waals surface area contributed by atoms with Gasteiger partial charge in [0.05, 0.1) is 12.5 Å². The Balaban J connectivity index is 1.93. The van der Waals surface area contributed by atoms with Crippen LogP contribution in [-0.4, -0.2) is 41.4 Å². The number of carbonyl (C=O) groups excluding carboxylic acids is 1. The van der Waals surface area contributed by atoms with Crippen LogP contribution in [0.5, 0.6) is 0 Å². The van der Waals surface area contributed by atoms with Gasteiger partial charge in [-0.15, -0.1) is 11.8 Å². The molecule has 2 rings (SSSR count). The summed E-state index contributed by atoms with van der Waals surface area (Å²) in [5, 5.41) is 9.57. The molecular weight excluding hydrogens is 246 g/mol. The number of hydrogen-bond donors (Lipinski definition) is 1. The van der Waals surface area contributed by atoms with Gasteiger partial charge >= 0.3 is 0 Å². The van der Waals surface area contributed by atoms with Crippen LogP contribution in [0.25, 0.3) is 0 Å². The smallest absolute Gasteiger partial charge is 0.227 e. The van der Waals surface area contributed by atoms with Crippen LogP contribution in [0.3, 0.4) is 0 Å². The molecule has 0 radical (unpaired) electrons. The minimum atomic E-state index is -0.346. The van der Waals surface area contributed by atoms with Crippen LogP contribution >= 0.6 is 11.8 Å². The lowest BCUT2D eigenvalue weighted by Crippen LogP contribution is -2.42. The van der Waals surface area contributed by atoms with Crippen molar-refractivity contribution in [1.82, 2.24) is 4.90 Å². The lowest BCUT2D eigenvalue weighted by atomic mass is 10.1. The minimum Gasteiger partial charge on any atom is -0.391 e. The third kappa shape index (κ3) is 3.50. The Morgan fingerprint density at radius 3 is 2.78 bits per heavy atom. The van der Waals surface area contributed by atoms with Crippen LogP contribution in [-0.2, 0) is 11.2 Å². The van der Waals surface area contributed by atoms with Crippen molar-refractivity contribution in [1.29, 1.82) is 0 Å². The molecule has 1 saturated heterocycles. The van der Waals surface area contributed by atoms with Crippen LogP contribution in [0, 0.1) is 0 Å². The second-order valence-electron chi connectivity index (χ2n) is 4.66. The highest BCUT2D eigenvalue weighted by molar-refractivity contribution is 7.98. The average Bonchev–Trinajstić information content (AvgIpc) is 2.39. The van der Waals surface area contributed by atoms with Crippen LogP contribution < -0.4 is 0 Å². The fraction of sp³-hybridized carbons (Fsp3) is 0.500. The monoisotopic (exact) mass is 265 g/mol. The van der Waals surface area contributed by atoms with Crippen LogP contribution in [0.2, 0.25) is 0 Å². The molecule has 1 aliphatic rings. The number of amides is 1. The van der Waals surface area contributed by atoms with Gasteiger partial charge in [-0.3, -0.25) is 4.79 Å². The molecule has 3 nitrogen and oxygen atoms in total. The van der Waals surface area contributed by atoms with E-state index in [-0.39, 0.29) is 12.0 Å². The standard InChI is InChI=1S/C14H19NO2S/c1-18-13-6-4-11(5-7-13)9-14(17)15-8-2-3-12(16)10-15/h4-7,12,16H,2-3,8-10H2,1H3. The fourth-order valence-electron chi connectivity index (χ4n) is 2.21. The van der Waals surface area contributed by atoms with Crippen LogP contribution in [0.15, 0.2) is 29.2 Å². The SMILES string of the molecule is CSc1ccc(CC(=O)N2CCCC(O)C2)cc1. The summed E-state index contributed by atoms with van der Waals surface area (Å²) in [6.45, 7) is 1.26. The summed E-state index contributed by atoms with van der Waals surface area (Å²) in [4.78, 5) is 15.1. The van der Waals surface area contributed by atoms with Gasteiger partial charge in [-0.05, 0) is 36.8 Å². The zero-order valence-corrected chi connectivity index (χ0v) is 11.4. The van der Waals surface area contributed by atoms with Gasteiger partial charge in [-0.2, -0.15) is 0 Å². The maximum atomic E-state index is 12.1. The Bertz CT molecular complexity index is 405. The maximum Gasteiger partial charge on any atom is 0.227 e. The number of likely N-dealkylation sites (tertiary alicyclic amines) is 1. The first kappa shape index (κ1) is 13.4. The fourth-order valence-corrected chi connectivity index (χ4v) is 2.62. The number of carbonyl (C=O) groups is 1. The van der Waals surface area contributed by atoms with E-state index in [1.807, 2.05) is 30.5 Å². The van der Waals surface area contributed by atoms with E-state index in [4.69, 9.17) is 0 Å². The van der Waals surface area contributed by atoms with Gasteiger partial charge in [0.25, 0.3) is 0 Å². The molecular formula is C14H19NO2S. The number of nitrogens with zero attached hydrogens (tertiary/aromatic N) is 1. The van der Waals surface area contributed by atoms with E-state index in [2.05, 4.69) is 0 Å². The van der Waals surface area contributed by atoms with Gasteiger partial charge in [0.2, 0.25) is 5.91 Å². The molecule has 0 saturated carbocycles. The Hall–Kier alpha value is -1.00. The first-order valence-corrected chi connectivity index (χ1v) is 7.50. The van der Waals surface area contributed by atoms with Crippen molar-refractivity contribution < 1.29 is 9.90 Å². The van der Waals surface area contributed by atoms with Crippen molar-refractivity contribution >= 4 is 17.7 Å². The quantitative estimate of drug-likeness (QED) is 0.849. The number of thioether (sulfide) groups is 1. The van der Waals surface area contributed by atoms with Crippen molar-refractivity contribution in [3.05, 3.63) is 29.8 Å². The highest BCUT2D eigenvalue weighted by Crippen LogP contribution is 2.16. The summed E-state index contributed by atoms with van der Waals surface area (Å²) in [5.41, 5.74) is 1.04. The van der Waals surface area contributed by atoms with E-state index in [1.165, 1.54) is 4.90 Å². The Morgan fingerprint density at radius 1 is 1.44 bits per heavy atom. The molecule has 0 bridgehead atoms. The summed E-state index contributed by atoms with van der Waals surface area (Å²) < 4.78 is 0. The maximum absolute atomic E-state index is 12.1. The van der Waals surface area contributed by atoms with Crippen molar-refractivity contribution in [2.24, 2.45) is 0 Å². The topological polar surface area (TPSA) is 40.5 Å². The lowest BCUT2D eigenvalue weighted by molar-refractivity contribution is -0.133. The van der Waals surface area contributed by atoms with Crippen LogP contribution in [0.1, 0.15) is 18.4 Å². The van der Waals surface area contributed by atoms with Gasteiger partial charge in [0.15, 0.2) is 0 Å². The molecule has 1 atom stereocenters. The third-order valence-electron chi connectivity index (χ3n) is 3.26. The third-order valence-corrected chi connectivity index (χ3v) is 4.01. The van der Waals surface area contributed by atoms with E-state index in [0.717, 1.165) is 24.9 Å². The summed E-state index contributed by atoms with van der Waals surface area (Å²) in [6, 6.07) is 8.09. The average molecular weight is 265 g/mol. The van der Waals surface area contributed by atoms with Crippen molar-refractivity contribution in [2.75, 3.05) is 19.3 Å². The van der Waals surface area contributed by atoms with E-state index >= 15 is 0 Å². The molecule has 1 heterocycles. The Kier molecular flexibility index (Phi) is 4.66. The highest BCUT2D eigenvalue weighted by Gasteiger charge is 2.21. The summed E-state index contributed by atoms with van der Waals surface area (Å²) >= 11 is 1.70. The molecule has 1 amide bonds. The molecule has 1 aromatic carbocycles. The van der Waals surface area contributed by atoms with Gasteiger partial charge in [0.1, 0.15) is 0 Å². The normalized spacial score (nSPS) is 19.9. The van der Waals surface area contributed by atoms with Crippen molar-refractivity contribution in [2.45, 2.75) is 30.3 Å². The lowest BCUT2D eigenvalue weighted by Gasteiger charge is -2.30. The van der Waals surface area contributed by atoms with Crippen molar-refractivity contribution in [3.8, 4) is 0 Å². The predicted octanol–water partition coefficient (Wildman–Crippen LogP) is 1.93. The number of aliphatic hydroxyl groups is 1. The molecule has 1 N–H and O–H groups in total. The number of β-amino-alcohol motifs (C(OH)–C–C–N with tert-alkyl or cyclic N) is 1. The van der Waals surface area contributed by atoms with E-state index in [9.17, 15) is 9.90 Å². The summed E-state index contributed by atoms with van der Waals surface area (Å²) in [6.07, 6.45) is 3.84. The second kappa shape index (κ2) is 6.25. The van der Waals surface area contributed by atoms with E-state index in [0.29, 0.717) is 13.0 Å². The minimum absolute atomic E-state index is 0.116. The number of benzene rings is 1. The Morgan fingerprint density at radius 2 is 2.17 bits per heavy atom. The Labute approximate surface area is 112 Å². The van der Waals surface area contributed by atoms with E-state index in [1.54, 1.807) is 16.7 Å². The second-order valence-corrected chi connectivity index (χ2v) is 5.54. The zero-order valence-electron chi connectivity index (χ0n) is 10.6. The largest absolute Gasteiger partial charge is 0.391 e. The zero-order chi connectivity index (χ0) is 13.0. The number of rotatable bonds is 3. The molecule has 1 aromatic rings. The molecule has 98 valence electrons. The van der Waals surface area contributed by atoms with Crippen molar-refractivity contribution in [3.63, 3.8) is 0 Å². The summed E-state index contributed by atoms with van der Waals surface area (Å²) in [7, 11) is 0.